The summed E-state index contributed by atoms with van der Waals surface area (Å²) in [6.07, 6.45) is -2.67. The molecule has 0 radical (unpaired) electrons. The summed E-state index contributed by atoms with van der Waals surface area (Å²) in [6, 6.07) is 16.0. The molecular formula is C21H17F3N4O. The molecule has 0 aliphatic heterocycles. The number of nitrogens with one attached hydrogen (secondary N) is 1. The molecule has 0 unspecified atom stereocenters. The molecule has 0 atom stereocenters. The fourth-order valence-electron chi connectivity index (χ4n) is 2.89. The maximum atomic E-state index is 12.8. The summed E-state index contributed by atoms with van der Waals surface area (Å²) in [5.41, 5.74) is 2.20. The molecule has 1 N–H and O–H groups in total. The molecule has 0 saturated heterocycles. The summed E-state index contributed by atoms with van der Waals surface area (Å²) in [6.45, 7) is 1.95. The van der Waals surface area contributed by atoms with Crippen LogP contribution in [-0.2, 0) is 12.8 Å². The summed E-state index contributed by atoms with van der Waals surface area (Å²) in [7, 11) is 0. The van der Waals surface area contributed by atoms with Crippen molar-refractivity contribution in [3.8, 4) is 5.75 Å². The molecule has 0 amide bonds. The number of rotatable bonds is 5. The van der Waals surface area contributed by atoms with Crippen molar-refractivity contribution >= 4 is 17.2 Å². The highest BCUT2D eigenvalue weighted by Gasteiger charge is 2.30. The number of alkyl halides is 3. The van der Waals surface area contributed by atoms with Crippen LogP contribution in [0.4, 0.5) is 24.7 Å². The lowest BCUT2D eigenvalue weighted by molar-refractivity contribution is -0.137. The fourth-order valence-corrected chi connectivity index (χ4v) is 2.89. The Labute approximate surface area is 164 Å². The molecule has 0 spiro atoms. The zero-order valence-corrected chi connectivity index (χ0v) is 15.4. The average Bonchev–Trinajstić information content (AvgIpc) is 3.08. The molecule has 2 heterocycles. The molecule has 2 aromatic heterocycles. The van der Waals surface area contributed by atoms with Crippen LogP contribution in [0.15, 0.2) is 66.9 Å². The van der Waals surface area contributed by atoms with Gasteiger partial charge in [-0.2, -0.15) is 22.8 Å². The summed E-state index contributed by atoms with van der Waals surface area (Å²) >= 11 is 0. The van der Waals surface area contributed by atoms with Gasteiger partial charge in [0.2, 0.25) is 0 Å². The standard InChI is InChI=1S/C21H17F3N4O/c1-14-11-20-25-10-9-19(28(20)27-14)26-17-5-7-18(8-6-17)29-13-15-3-2-4-16(12-15)21(22,23)24/h2-12,26H,13H2,1H3. The normalized spacial score (nSPS) is 11.6. The Balaban J connectivity index is 1.43. The second kappa shape index (κ2) is 7.46. The van der Waals surface area contributed by atoms with Crippen molar-refractivity contribution in [3.05, 3.63) is 83.7 Å². The molecular weight excluding hydrogens is 381 g/mol. The molecule has 0 bridgehead atoms. The number of hydrogen-bond donors (Lipinski definition) is 1. The minimum absolute atomic E-state index is 0.0498. The third kappa shape index (κ3) is 4.31. The minimum Gasteiger partial charge on any atom is -0.489 e. The van der Waals surface area contributed by atoms with Crippen molar-refractivity contribution < 1.29 is 17.9 Å². The molecule has 0 saturated carbocycles. The van der Waals surface area contributed by atoms with Crippen LogP contribution < -0.4 is 10.1 Å². The monoisotopic (exact) mass is 398 g/mol. The number of nitrogens with zero attached hydrogens (tertiary/aromatic N) is 3. The van der Waals surface area contributed by atoms with E-state index in [0.717, 1.165) is 35.0 Å². The molecule has 4 rings (SSSR count). The van der Waals surface area contributed by atoms with Gasteiger partial charge in [0, 0.05) is 18.0 Å². The van der Waals surface area contributed by atoms with Gasteiger partial charge in [-0.1, -0.05) is 12.1 Å². The first-order chi connectivity index (χ1) is 13.9. The van der Waals surface area contributed by atoms with Crippen LogP contribution in [0.5, 0.6) is 5.75 Å². The number of aryl methyl sites for hydroxylation is 1. The predicted molar refractivity (Wildman–Crippen MR) is 103 cm³/mol. The first-order valence-corrected chi connectivity index (χ1v) is 8.86. The Bertz CT molecular complexity index is 1140. The lowest BCUT2D eigenvalue weighted by Crippen LogP contribution is -2.06. The second-order valence-corrected chi connectivity index (χ2v) is 6.52. The van der Waals surface area contributed by atoms with E-state index in [1.54, 1.807) is 28.9 Å². The van der Waals surface area contributed by atoms with Crippen LogP contribution in [0.2, 0.25) is 0 Å². The summed E-state index contributed by atoms with van der Waals surface area (Å²) in [4.78, 5) is 4.26. The first kappa shape index (κ1) is 18.8. The van der Waals surface area contributed by atoms with Crippen molar-refractivity contribution in [1.82, 2.24) is 14.6 Å². The number of halogens is 3. The SMILES string of the molecule is Cc1cc2nccc(Nc3ccc(OCc4cccc(C(F)(F)F)c4)cc3)n2n1. The van der Waals surface area contributed by atoms with Gasteiger partial charge in [0.05, 0.1) is 11.3 Å². The largest absolute Gasteiger partial charge is 0.489 e. The van der Waals surface area contributed by atoms with Gasteiger partial charge in [-0.05, 0) is 55.0 Å². The van der Waals surface area contributed by atoms with E-state index in [9.17, 15) is 13.2 Å². The van der Waals surface area contributed by atoms with Crippen LogP contribution in [0.3, 0.4) is 0 Å². The predicted octanol–water partition coefficient (Wildman–Crippen LogP) is 5.38. The van der Waals surface area contributed by atoms with Crippen molar-refractivity contribution in [1.29, 1.82) is 0 Å². The van der Waals surface area contributed by atoms with Crippen molar-refractivity contribution in [3.63, 3.8) is 0 Å². The number of aromatic nitrogens is 3. The molecule has 2 aromatic carbocycles. The fraction of sp³-hybridized carbons (Fsp3) is 0.143. The van der Waals surface area contributed by atoms with E-state index in [2.05, 4.69) is 15.4 Å². The highest BCUT2D eigenvalue weighted by Crippen LogP contribution is 2.30. The van der Waals surface area contributed by atoms with E-state index in [1.807, 2.05) is 31.2 Å². The van der Waals surface area contributed by atoms with Gasteiger partial charge < -0.3 is 10.1 Å². The van der Waals surface area contributed by atoms with E-state index in [0.29, 0.717) is 11.3 Å². The first-order valence-electron chi connectivity index (χ1n) is 8.86. The third-order valence-corrected chi connectivity index (χ3v) is 4.27. The van der Waals surface area contributed by atoms with E-state index >= 15 is 0 Å². The number of hydrogen-bond acceptors (Lipinski definition) is 4. The van der Waals surface area contributed by atoms with E-state index < -0.39 is 11.7 Å². The number of fused-ring (bicyclic) bond motifs is 1. The molecule has 0 aliphatic rings. The molecule has 29 heavy (non-hydrogen) atoms. The summed E-state index contributed by atoms with van der Waals surface area (Å²) in [5.74, 6) is 1.32. The molecule has 8 heteroatoms. The number of anilines is 2. The number of ether oxygens (including phenoxy) is 1. The van der Waals surface area contributed by atoms with Gasteiger partial charge in [-0.3, -0.25) is 0 Å². The van der Waals surface area contributed by atoms with Gasteiger partial charge in [0.25, 0.3) is 0 Å². The topological polar surface area (TPSA) is 51.5 Å². The van der Waals surface area contributed by atoms with Crippen LogP contribution >= 0.6 is 0 Å². The Kier molecular flexibility index (Phi) is 4.84. The highest BCUT2D eigenvalue weighted by atomic mass is 19.4. The molecule has 5 nitrogen and oxygen atoms in total. The Hall–Kier alpha value is -3.55. The molecule has 4 aromatic rings. The van der Waals surface area contributed by atoms with Crippen molar-refractivity contribution in [2.75, 3.05) is 5.32 Å². The lowest BCUT2D eigenvalue weighted by atomic mass is 10.1. The minimum atomic E-state index is -4.37. The highest BCUT2D eigenvalue weighted by molar-refractivity contribution is 5.60. The molecule has 0 fully saturated rings. The van der Waals surface area contributed by atoms with E-state index in [-0.39, 0.29) is 6.61 Å². The van der Waals surface area contributed by atoms with Gasteiger partial charge in [-0.15, -0.1) is 0 Å². The zero-order chi connectivity index (χ0) is 20.4. The van der Waals surface area contributed by atoms with Crippen molar-refractivity contribution in [2.24, 2.45) is 0 Å². The average molecular weight is 398 g/mol. The molecule has 0 aliphatic carbocycles. The Morgan fingerprint density at radius 2 is 1.83 bits per heavy atom. The summed E-state index contributed by atoms with van der Waals surface area (Å²) in [5, 5.41) is 7.67. The van der Waals surface area contributed by atoms with Gasteiger partial charge in [-0.25, -0.2) is 4.98 Å². The number of benzene rings is 2. The van der Waals surface area contributed by atoms with Crippen LogP contribution in [0.25, 0.3) is 5.65 Å². The van der Waals surface area contributed by atoms with Crippen LogP contribution in [0.1, 0.15) is 16.8 Å². The Morgan fingerprint density at radius 1 is 1.03 bits per heavy atom. The van der Waals surface area contributed by atoms with E-state index in [1.165, 1.54) is 6.07 Å². The lowest BCUT2D eigenvalue weighted by Gasteiger charge is -2.11. The maximum Gasteiger partial charge on any atom is 0.416 e. The molecule has 148 valence electrons. The van der Waals surface area contributed by atoms with Gasteiger partial charge >= 0.3 is 6.18 Å². The summed E-state index contributed by atoms with van der Waals surface area (Å²) < 4.78 is 45.7. The third-order valence-electron chi connectivity index (χ3n) is 4.27. The van der Waals surface area contributed by atoms with E-state index in [4.69, 9.17) is 4.74 Å². The quantitative estimate of drug-likeness (QED) is 0.490. The van der Waals surface area contributed by atoms with Gasteiger partial charge in [0.1, 0.15) is 18.2 Å². The van der Waals surface area contributed by atoms with Crippen LogP contribution in [-0.4, -0.2) is 14.6 Å². The van der Waals surface area contributed by atoms with Gasteiger partial charge in [0.15, 0.2) is 5.65 Å². The second-order valence-electron chi connectivity index (χ2n) is 6.52. The Morgan fingerprint density at radius 3 is 2.59 bits per heavy atom. The van der Waals surface area contributed by atoms with Crippen molar-refractivity contribution in [2.45, 2.75) is 19.7 Å². The zero-order valence-electron chi connectivity index (χ0n) is 15.4. The van der Waals surface area contributed by atoms with Crippen LogP contribution in [0, 0.1) is 6.92 Å². The maximum absolute atomic E-state index is 12.8. The smallest absolute Gasteiger partial charge is 0.416 e.